The van der Waals surface area contributed by atoms with Crippen molar-refractivity contribution in [2.45, 2.75) is 60.0 Å². The minimum Gasteiger partial charge on any atom is -0.354 e. The number of nitrogens with zero attached hydrogens (tertiary/aromatic N) is 1. The van der Waals surface area contributed by atoms with E-state index in [0.717, 1.165) is 19.0 Å². The van der Waals surface area contributed by atoms with Crippen LogP contribution in [0.3, 0.4) is 0 Å². The molecule has 0 saturated heterocycles. The largest absolute Gasteiger partial charge is 0.354 e. The van der Waals surface area contributed by atoms with E-state index in [2.05, 4.69) is 63.0 Å². The molecule has 1 rings (SSSR count). The van der Waals surface area contributed by atoms with Gasteiger partial charge in [-0.25, -0.2) is 0 Å². The second kappa shape index (κ2) is 7.63. The molecule has 0 amide bonds. The Kier molecular flexibility index (Phi) is 6.48. The van der Waals surface area contributed by atoms with Gasteiger partial charge in [0.1, 0.15) is 0 Å². The summed E-state index contributed by atoms with van der Waals surface area (Å²) in [5.74, 6) is 1.41. The van der Waals surface area contributed by atoms with Crippen molar-refractivity contribution in [2.24, 2.45) is 11.8 Å². The summed E-state index contributed by atoms with van der Waals surface area (Å²) < 4.78 is 2.33. The van der Waals surface area contributed by atoms with Gasteiger partial charge in [0.15, 0.2) is 0 Å². The maximum absolute atomic E-state index is 3.65. The fourth-order valence-electron chi connectivity index (χ4n) is 2.23. The number of nitrogens with one attached hydrogen (secondary N) is 1. The standard InChI is InChI=1S/C16H30N2/c1-6-9-17-16(14(4)5)15-8-11-18(12-15)10-7-13(2)3/h8,11-14,16-17H,6-7,9-10H2,1-5H3. The minimum atomic E-state index is 0.491. The Morgan fingerprint density at radius 3 is 2.50 bits per heavy atom. The first-order chi connectivity index (χ1) is 8.54. The Labute approximate surface area is 113 Å². The van der Waals surface area contributed by atoms with Crippen molar-refractivity contribution in [1.29, 1.82) is 0 Å². The normalized spacial score (nSPS) is 13.5. The molecular formula is C16H30N2. The molecule has 2 nitrogen and oxygen atoms in total. The molecule has 1 heterocycles. The van der Waals surface area contributed by atoms with Gasteiger partial charge in [-0.1, -0.05) is 34.6 Å². The van der Waals surface area contributed by atoms with E-state index in [-0.39, 0.29) is 0 Å². The van der Waals surface area contributed by atoms with Crippen LogP contribution in [0.4, 0.5) is 0 Å². The zero-order chi connectivity index (χ0) is 13.5. The fourth-order valence-corrected chi connectivity index (χ4v) is 2.23. The quantitative estimate of drug-likeness (QED) is 0.730. The maximum Gasteiger partial charge on any atom is 0.0358 e. The Hall–Kier alpha value is -0.760. The minimum absolute atomic E-state index is 0.491. The lowest BCUT2D eigenvalue weighted by Crippen LogP contribution is -2.26. The van der Waals surface area contributed by atoms with Gasteiger partial charge in [-0.15, -0.1) is 0 Å². The number of rotatable bonds is 8. The molecule has 2 heteroatoms. The lowest BCUT2D eigenvalue weighted by atomic mass is 9.98. The van der Waals surface area contributed by atoms with Crippen LogP contribution in [0.1, 0.15) is 59.1 Å². The second-order valence-electron chi connectivity index (χ2n) is 6.04. The van der Waals surface area contributed by atoms with Gasteiger partial charge in [0.2, 0.25) is 0 Å². The van der Waals surface area contributed by atoms with Gasteiger partial charge < -0.3 is 9.88 Å². The SMILES string of the molecule is CCCNC(c1ccn(CCC(C)C)c1)C(C)C. The molecule has 0 radical (unpaired) electrons. The molecule has 0 bridgehead atoms. The zero-order valence-electron chi connectivity index (χ0n) is 12.7. The Morgan fingerprint density at radius 1 is 1.22 bits per heavy atom. The Bertz CT molecular complexity index is 326. The van der Waals surface area contributed by atoms with Crippen LogP contribution < -0.4 is 5.32 Å². The molecule has 104 valence electrons. The molecular weight excluding hydrogens is 220 g/mol. The second-order valence-corrected chi connectivity index (χ2v) is 6.04. The van der Waals surface area contributed by atoms with Crippen LogP contribution in [0.15, 0.2) is 18.5 Å². The van der Waals surface area contributed by atoms with Gasteiger partial charge in [0, 0.05) is 25.0 Å². The van der Waals surface area contributed by atoms with Gasteiger partial charge in [0.25, 0.3) is 0 Å². The summed E-state index contributed by atoms with van der Waals surface area (Å²) in [6, 6.07) is 2.76. The van der Waals surface area contributed by atoms with Crippen molar-refractivity contribution < 1.29 is 0 Å². The number of aromatic nitrogens is 1. The molecule has 18 heavy (non-hydrogen) atoms. The Balaban J connectivity index is 2.62. The topological polar surface area (TPSA) is 17.0 Å². The monoisotopic (exact) mass is 250 g/mol. The van der Waals surface area contributed by atoms with E-state index >= 15 is 0 Å². The highest BCUT2D eigenvalue weighted by molar-refractivity contribution is 5.16. The molecule has 0 aromatic carbocycles. The molecule has 1 N–H and O–H groups in total. The summed E-state index contributed by atoms with van der Waals surface area (Å²) in [7, 11) is 0. The summed E-state index contributed by atoms with van der Waals surface area (Å²) in [6.45, 7) is 13.6. The fraction of sp³-hybridized carbons (Fsp3) is 0.750. The first kappa shape index (κ1) is 15.3. The van der Waals surface area contributed by atoms with Crippen LogP contribution in [0, 0.1) is 11.8 Å². The van der Waals surface area contributed by atoms with Crippen LogP contribution >= 0.6 is 0 Å². The average molecular weight is 250 g/mol. The summed E-state index contributed by atoms with van der Waals surface area (Å²) in [6.07, 6.45) is 6.98. The highest BCUT2D eigenvalue weighted by Crippen LogP contribution is 2.22. The van der Waals surface area contributed by atoms with Crippen molar-refractivity contribution in [1.82, 2.24) is 9.88 Å². The Morgan fingerprint density at radius 2 is 1.94 bits per heavy atom. The van der Waals surface area contributed by atoms with Crippen molar-refractivity contribution >= 4 is 0 Å². The smallest absolute Gasteiger partial charge is 0.0358 e. The van der Waals surface area contributed by atoms with Crippen molar-refractivity contribution in [3.63, 3.8) is 0 Å². The van der Waals surface area contributed by atoms with Crippen molar-refractivity contribution in [3.05, 3.63) is 24.0 Å². The lowest BCUT2D eigenvalue weighted by Gasteiger charge is -2.21. The molecule has 1 atom stereocenters. The van der Waals surface area contributed by atoms with E-state index in [0.29, 0.717) is 12.0 Å². The van der Waals surface area contributed by atoms with E-state index in [4.69, 9.17) is 0 Å². The highest BCUT2D eigenvalue weighted by atomic mass is 15.0. The van der Waals surface area contributed by atoms with Gasteiger partial charge in [-0.05, 0) is 42.9 Å². The van der Waals surface area contributed by atoms with Gasteiger partial charge in [-0.2, -0.15) is 0 Å². The first-order valence-electron chi connectivity index (χ1n) is 7.43. The van der Waals surface area contributed by atoms with E-state index in [1.54, 1.807) is 0 Å². The molecule has 0 spiro atoms. The lowest BCUT2D eigenvalue weighted by molar-refractivity contribution is 0.412. The third-order valence-electron chi connectivity index (χ3n) is 3.38. The summed E-state index contributed by atoms with van der Waals surface area (Å²) in [4.78, 5) is 0. The molecule has 0 saturated carbocycles. The van der Waals surface area contributed by atoms with Crippen LogP contribution in [0.25, 0.3) is 0 Å². The van der Waals surface area contributed by atoms with Gasteiger partial charge >= 0.3 is 0 Å². The van der Waals surface area contributed by atoms with Crippen LogP contribution in [-0.2, 0) is 6.54 Å². The van der Waals surface area contributed by atoms with Gasteiger partial charge in [-0.3, -0.25) is 0 Å². The molecule has 1 unspecified atom stereocenters. The van der Waals surface area contributed by atoms with Gasteiger partial charge in [0.05, 0.1) is 0 Å². The molecule has 0 aliphatic rings. The number of hydrogen-bond acceptors (Lipinski definition) is 1. The third-order valence-corrected chi connectivity index (χ3v) is 3.38. The third kappa shape index (κ3) is 4.85. The average Bonchev–Trinajstić information content (AvgIpc) is 2.75. The molecule has 0 fully saturated rings. The zero-order valence-corrected chi connectivity index (χ0v) is 12.7. The summed E-state index contributed by atoms with van der Waals surface area (Å²) >= 11 is 0. The molecule has 1 aromatic heterocycles. The van der Waals surface area contributed by atoms with Crippen molar-refractivity contribution in [2.75, 3.05) is 6.54 Å². The van der Waals surface area contributed by atoms with Crippen LogP contribution in [-0.4, -0.2) is 11.1 Å². The van der Waals surface area contributed by atoms with Crippen LogP contribution in [0.5, 0.6) is 0 Å². The van der Waals surface area contributed by atoms with E-state index in [1.807, 2.05) is 0 Å². The van der Waals surface area contributed by atoms with E-state index in [9.17, 15) is 0 Å². The maximum atomic E-state index is 3.65. The first-order valence-corrected chi connectivity index (χ1v) is 7.43. The molecule has 0 aliphatic heterocycles. The highest BCUT2D eigenvalue weighted by Gasteiger charge is 2.15. The van der Waals surface area contributed by atoms with E-state index < -0.39 is 0 Å². The summed E-state index contributed by atoms with van der Waals surface area (Å²) in [5.41, 5.74) is 1.43. The predicted molar refractivity (Wildman–Crippen MR) is 79.8 cm³/mol. The number of hydrogen-bond donors (Lipinski definition) is 1. The number of aryl methyl sites for hydroxylation is 1. The van der Waals surface area contributed by atoms with Crippen LogP contribution in [0.2, 0.25) is 0 Å². The molecule has 1 aromatic rings. The van der Waals surface area contributed by atoms with Crippen molar-refractivity contribution in [3.8, 4) is 0 Å². The summed E-state index contributed by atoms with van der Waals surface area (Å²) in [5, 5.41) is 3.65. The predicted octanol–water partition coefficient (Wildman–Crippen LogP) is 4.23. The molecule has 0 aliphatic carbocycles. The van der Waals surface area contributed by atoms with E-state index in [1.165, 1.54) is 18.4 Å².